The molecule has 239 valence electrons. The standard InChI is InChI=1S/C33H23N2.C12H10N.Ir/c1-23-12-14-25(15-13-23)28-18-19-29(30-10-7-21-35-33(28)30)31-22-26(32-11-5-6-20-34-32)16-17-27(31)24-8-3-2-4-9-24;1-10-7-8-13-12(9-10)11-5-3-2-4-6-11;/h2-15,17-22H,1H3;2-5,7-9H,1H3;/q2*-1;. The van der Waals surface area contributed by atoms with Gasteiger partial charge in [0.1, 0.15) is 0 Å². The van der Waals surface area contributed by atoms with E-state index in [9.17, 15) is 0 Å². The molecular formula is C45H33IrN3-2. The average molecular weight is 808 g/mol. The van der Waals surface area contributed by atoms with Crippen molar-refractivity contribution in [3.8, 4) is 55.9 Å². The smallest absolute Gasteiger partial charge is 0.0785 e. The van der Waals surface area contributed by atoms with Gasteiger partial charge in [0, 0.05) is 49.6 Å². The van der Waals surface area contributed by atoms with Gasteiger partial charge in [0.25, 0.3) is 0 Å². The maximum atomic E-state index is 4.83. The molecule has 4 heteroatoms. The molecule has 0 unspecified atom stereocenters. The Morgan fingerprint density at radius 1 is 0.449 bits per heavy atom. The zero-order valence-electron chi connectivity index (χ0n) is 27.3. The number of hydrogen-bond acceptors (Lipinski definition) is 3. The average Bonchev–Trinajstić information content (AvgIpc) is 3.16. The molecule has 3 aromatic heterocycles. The van der Waals surface area contributed by atoms with Crippen LogP contribution in [0.25, 0.3) is 66.8 Å². The third-order valence-electron chi connectivity index (χ3n) is 8.30. The van der Waals surface area contributed by atoms with Gasteiger partial charge in [0.15, 0.2) is 0 Å². The largest absolute Gasteiger partial charge is 0.305 e. The topological polar surface area (TPSA) is 38.7 Å². The number of nitrogens with zero attached hydrogens (tertiary/aromatic N) is 3. The van der Waals surface area contributed by atoms with Crippen molar-refractivity contribution in [2.24, 2.45) is 0 Å². The first-order chi connectivity index (χ1) is 23.6. The molecule has 0 N–H and O–H groups in total. The van der Waals surface area contributed by atoms with E-state index in [0.29, 0.717) is 0 Å². The van der Waals surface area contributed by atoms with Gasteiger partial charge in [-0.05, 0) is 54.6 Å². The molecule has 0 spiro atoms. The number of benzene rings is 5. The van der Waals surface area contributed by atoms with Gasteiger partial charge in [0.05, 0.1) is 5.52 Å². The van der Waals surface area contributed by atoms with E-state index in [1.807, 2.05) is 79.3 Å². The van der Waals surface area contributed by atoms with E-state index in [4.69, 9.17) is 4.98 Å². The van der Waals surface area contributed by atoms with Crippen molar-refractivity contribution in [2.45, 2.75) is 13.8 Å². The van der Waals surface area contributed by atoms with Gasteiger partial charge in [0.2, 0.25) is 0 Å². The maximum absolute atomic E-state index is 4.83. The summed E-state index contributed by atoms with van der Waals surface area (Å²) in [5.74, 6) is 0. The molecule has 3 nitrogen and oxygen atoms in total. The summed E-state index contributed by atoms with van der Waals surface area (Å²) < 4.78 is 0. The molecule has 0 aliphatic carbocycles. The quantitative estimate of drug-likeness (QED) is 0.163. The van der Waals surface area contributed by atoms with Gasteiger partial charge >= 0.3 is 0 Å². The van der Waals surface area contributed by atoms with Crippen molar-refractivity contribution >= 4 is 10.9 Å². The number of pyridine rings is 3. The van der Waals surface area contributed by atoms with Crippen molar-refractivity contribution in [1.82, 2.24) is 15.0 Å². The van der Waals surface area contributed by atoms with Crippen molar-refractivity contribution in [3.63, 3.8) is 0 Å². The van der Waals surface area contributed by atoms with Crippen LogP contribution in [-0.2, 0) is 20.1 Å². The van der Waals surface area contributed by atoms with Crippen LogP contribution in [0.5, 0.6) is 0 Å². The van der Waals surface area contributed by atoms with Gasteiger partial charge in [-0.2, -0.15) is 0 Å². The van der Waals surface area contributed by atoms with Gasteiger partial charge in [-0.1, -0.05) is 119 Å². The Balaban J connectivity index is 0.000000250. The Labute approximate surface area is 301 Å². The van der Waals surface area contributed by atoms with Crippen LogP contribution >= 0.6 is 0 Å². The molecule has 8 rings (SSSR count). The van der Waals surface area contributed by atoms with Crippen LogP contribution in [0.15, 0.2) is 164 Å². The Morgan fingerprint density at radius 3 is 1.94 bits per heavy atom. The van der Waals surface area contributed by atoms with Crippen molar-refractivity contribution in [1.29, 1.82) is 0 Å². The Kier molecular flexibility index (Phi) is 10.6. The molecule has 0 saturated carbocycles. The summed E-state index contributed by atoms with van der Waals surface area (Å²) in [6.45, 7) is 4.17. The van der Waals surface area contributed by atoms with E-state index in [1.54, 1.807) is 0 Å². The SMILES string of the molecule is Cc1ccc(-c2ccc(-c3cc(-c4ccccn4)[c-]cc3-c3ccccc3)c3cccnc23)cc1.Cc1ccnc(-c2[c-]cccc2)c1.[Ir]. The summed E-state index contributed by atoms with van der Waals surface area (Å²) in [7, 11) is 0. The second-order valence-electron chi connectivity index (χ2n) is 11.7. The van der Waals surface area contributed by atoms with Crippen LogP contribution in [0, 0.1) is 26.0 Å². The fraction of sp³-hybridized carbons (Fsp3) is 0.0444. The Morgan fingerprint density at radius 2 is 1.18 bits per heavy atom. The molecule has 0 bridgehead atoms. The van der Waals surface area contributed by atoms with E-state index in [-0.39, 0.29) is 20.1 Å². The van der Waals surface area contributed by atoms with Crippen molar-refractivity contribution < 1.29 is 20.1 Å². The van der Waals surface area contributed by atoms with E-state index >= 15 is 0 Å². The van der Waals surface area contributed by atoms with Gasteiger partial charge in [-0.25, -0.2) is 0 Å². The predicted octanol–water partition coefficient (Wildman–Crippen LogP) is 11.3. The minimum atomic E-state index is 0. The normalized spacial score (nSPS) is 10.5. The molecule has 0 saturated heterocycles. The zero-order valence-corrected chi connectivity index (χ0v) is 29.7. The van der Waals surface area contributed by atoms with Gasteiger partial charge in [-0.3, -0.25) is 4.98 Å². The molecule has 1 radical (unpaired) electrons. The maximum Gasteiger partial charge on any atom is 0.0785 e. The summed E-state index contributed by atoms with van der Waals surface area (Å²) in [4.78, 5) is 13.7. The molecular weight excluding hydrogens is 775 g/mol. The summed E-state index contributed by atoms with van der Waals surface area (Å²) >= 11 is 0. The second kappa shape index (κ2) is 15.6. The monoisotopic (exact) mass is 808 g/mol. The summed E-state index contributed by atoms with van der Waals surface area (Å²) in [5.41, 5.74) is 14.3. The molecule has 3 heterocycles. The number of fused-ring (bicyclic) bond motifs is 1. The van der Waals surface area contributed by atoms with Crippen molar-refractivity contribution in [3.05, 3.63) is 187 Å². The van der Waals surface area contributed by atoms with Crippen LogP contribution in [0.1, 0.15) is 11.1 Å². The van der Waals surface area contributed by atoms with E-state index in [1.165, 1.54) is 16.7 Å². The first-order valence-corrected chi connectivity index (χ1v) is 16.0. The summed E-state index contributed by atoms with van der Waals surface area (Å²) in [6.07, 6.45) is 5.52. The molecule has 0 amide bonds. The molecule has 49 heavy (non-hydrogen) atoms. The van der Waals surface area contributed by atoms with E-state index in [0.717, 1.165) is 61.2 Å². The third kappa shape index (κ3) is 7.63. The number of hydrogen-bond donors (Lipinski definition) is 0. The molecule has 0 atom stereocenters. The van der Waals surface area contributed by atoms with Crippen LogP contribution in [0.3, 0.4) is 0 Å². The molecule has 0 aliphatic heterocycles. The second-order valence-corrected chi connectivity index (χ2v) is 11.7. The molecule has 0 fully saturated rings. The molecule has 8 aromatic rings. The first kappa shape index (κ1) is 33.4. The fourth-order valence-electron chi connectivity index (χ4n) is 5.85. The molecule has 5 aromatic carbocycles. The molecule has 0 aliphatic rings. The summed E-state index contributed by atoms with van der Waals surface area (Å²) in [6, 6.07) is 56.6. The van der Waals surface area contributed by atoms with E-state index in [2.05, 4.69) is 121 Å². The van der Waals surface area contributed by atoms with Crippen LogP contribution in [0.4, 0.5) is 0 Å². The first-order valence-electron chi connectivity index (χ1n) is 16.0. The van der Waals surface area contributed by atoms with Crippen LogP contribution in [-0.4, -0.2) is 15.0 Å². The Bertz CT molecular complexity index is 2290. The predicted molar refractivity (Wildman–Crippen MR) is 198 cm³/mol. The minimum Gasteiger partial charge on any atom is -0.305 e. The number of aromatic nitrogens is 3. The van der Waals surface area contributed by atoms with Gasteiger partial charge < -0.3 is 9.97 Å². The minimum absolute atomic E-state index is 0. The van der Waals surface area contributed by atoms with Crippen molar-refractivity contribution in [2.75, 3.05) is 0 Å². The van der Waals surface area contributed by atoms with Crippen LogP contribution in [0.2, 0.25) is 0 Å². The van der Waals surface area contributed by atoms with Crippen LogP contribution < -0.4 is 0 Å². The Hall–Kier alpha value is -5.54. The number of aryl methyl sites for hydroxylation is 2. The summed E-state index contributed by atoms with van der Waals surface area (Å²) in [5, 5.41) is 1.13. The zero-order chi connectivity index (χ0) is 32.7. The van der Waals surface area contributed by atoms with E-state index < -0.39 is 0 Å². The fourth-order valence-corrected chi connectivity index (χ4v) is 5.85. The van der Waals surface area contributed by atoms with Gasteiger partial charge in [-0.15, -0.1) is 59.7 Å². The third-order valence-corrected chi connectivity index (χ3v) is 8.30. The number of rotatable bonds is 5.